The molecule has 1 nitrogen and oxygen atoms in total. The maximum Gasteiger partial charge on any atom is 0.131 e. The van der Waals surface area contributed by atoms with Crippen molar-refractivity contribution in [3.63, 3.8) is 0 Å². The molecule has 94 valence electrons. The minimum atomic E-state index is -0.169. The summed E-state index contributed by atoms with van der Waals surface area (Å²) in [7, 11) is 0. The lowest BCUT2D eigenvalue weighted by Crippen LogP contribution is -2.22. The number of rotatable bonds is 5. The Morgan fingerprint density at radius 2 is 2.28 bits per heavy atom. The summed E-state index contributed by atoms with van der Waals surface area (Å²) in [5.74, 6) is -0.169. The summed E-state index contributed by atoms with van der Waals surface area (Å²) in [4.78, 5) is 0.964. The highest BCUT2D eigenvalue weighted by Crippen LogP contribution is 2.28. The van der Waals surface area contributed by atoms with Gasteiger partial charge >= 0.3 is 0 Å². The fraction of sp³-hybridized carbons (Fsp3) is 0.200. The molecule has 1 aromatic heterocycles. The van der Waals surface area contributed by atoms with Crippen molar-refractivity contribution in [2.24, 2.45) is 0 Å². The molecule has 2 rings (SSSR count). The van der Waals surface area contributed by atoms with E-state index >= 15 is 0 Å². The summed E-state index contributed by atoms with van der Waals surface area (Å²) in [6, 6.07) is 9.38. The van der Waals surface area contributed by atoms with Crippen molar-refractivity contribution in [1.82, 2.24) is 5.32 Å². The second-order valence-electron chi connectivity index (χ2n) is 4.20. The van der Waals surface area contributed by atoms with Crippen molar-refractivity contribution in [3.05, 3.63) is 59.7 Å². The minimum absolute atomic E-state index is 0.169. The Morgan fingerprint density at radius 3 is 2.94 bits per heavy atom. The van der Waals surface area contributed by atoms with Crippen molar-refractivity contribution < 1.29 is 4.39 Å². The van der Waals surface area contributed by atoms with E-state index in [0.29, 0.717) is 12.1 Å². The van der Waals surface area contributed by atoms with Gasteiger partial charge in [0.15, 0.2) is 0 Å². The number of benzene rings is 1. The van der Waals surface area contributed by atoms with E-state index < -0.39 is 0 Å². The van der Waals surface area contributed by atoms with Crippen molar-refractivity contribution in [3.8, 4) is 10.4 Å². The van der Waals surface area contributed by atoms with Gasteiger partial charge < -0.3 is 5.32 Å². The third kappa shape index (κ3) is 3.06. The van der Waals surface area contributed by atoms with Gasteiger partial charge in [0, 0.05) is 23.0 Å². The Bertz CT molecular complexity index is 519. The summed E-state index contributed by atoms with van der Waals surface area (Å²) < 4.78 is 13.8. The first-order valence-corrected chi connectivity index (χ1v) is 6.77. The number of nitrogens with one attached hydrogen (secondary N) is 1. The highest BCUT2D eigenvalue weighted by Gasteiger charge is 2.07. The molecule has 0 fully saturated rings. The van der Waals surface area contributed by atoms with Crippen molar-refractivity contribution >= 4 is 11.3 Å². The van der Waals surface area contributed by atoms with Crippen molar-refractivity contribution in [1.29, 1.82) is 0 Å². The van der Waals surface area contributed by atoms with E-state index in [1.807, 2.05) is 42.6 Å². The number of halogens is 1. The fourth-order valence-corrected chi connectivity index (χ4v) is 2.41. The fourth-order valence-electron chi connectivity index (χ4n) is 1.67. The highest BCUT2D eigenvalue weighted by atomic mass is 32.1. The van der Waals surface area contributed by atoms with E-state index in [4.69, 9.17) is 0 Å². The molecule has 1 N–H and O–H groups in total. The largest absolute Gasteiger partial charge is 0.307 e. The van der Waals surface area contributed by atoms with Crippen LogP contribution in [-0.4, -0.2) is 6.04 Å². The summed E-state index contributed by atoms with van der Waals surface area (Å²) >= 11 is 1.55. The Morgan fingerprint density at radius 1 is 1.44 bits per heavy atom. The van der Waals surface area contributed by atoms with Crippen LogP contribution in [-0.2, 0) is 6.54 Å². The van der Waals surface area contributed by atoms with Gasteiger partial charge in [-0.2, -0.15) is 0 Å². The Hall–Kier alpha value is -1.45. The molecule has 3 heteroatoms. The molecule has 1 heterocycles. The van der Waals surface area contributed by atoms with Gasteiger partial charge in [-0.3, -0.25) is 0 Å². The third-order valence-corrected chi connectivity index (χ3v) is 3.70. The second kappa shape index (κ2) is 5.94. The third-order valence-electron chi connectivity index (χ3n) is 2.80. The normalized spacial score (nSPS) is 12.3. The van der Waals surface area contributed by atoms with Crippen LogP contribution in [0.4, 0.5) is 4.39 Å². The van der Waals surface area contributed by atoms with Crippen LogP contribution in [0.2, 0.25) is 0 Å². The van der Waals surface area contributed by atoms with E-state index in [2.05, 4.69) is 11.9 Å². The SMILES string of the molecule is C=CC(C)NCc1ccc(F)c(-c2cccs2)c1. The van der Waals surface area contributed by atoms with Gasteiger partial charge in [-0.25, -0.2) is 4.39 Å². The van der Waals surface area contributed by atoms with Crippen LogP contribution in [0.5, 0.6) is 0 Å². The standard InChI is InChI=1S/C15H16FNS/c1-3-11(2)17-10-12-6-7-14(16)13(9-12)15-5-4-8-18-15/h3-9,11,17H,1,10H2,2H3. The zero-order valence-electron chi connectivity index (χ0n) is 10.3. The smallest absolute Gasteiger partial charge is 0.131 e. The number of hydrogen-bond acceptors (Lipinski definition) is 2. The van der Waals surface area contributed by atoms with Crippen molar-refractivity contribution in [2.45, 2.75) is 19.5 Å². The molecule has 0 saturated heterocycles. The molecule has 0 aliphatic carbocycles. The van der Waals surface area contributed by atoms with Crippen molar-refractivity contribution in [2.75, 3.05) is 0 Å². The van der Waals surface area contributed by atoms with Gasteiger partial charge in [0.05, 0.1) is 0 Å². The first-order valence-electron chi connectivity index (χ1n) is 5.89. The van der Waals surface area contributed by atoms with Crippen LogP contribution < -0.4 is 5.32 Å². The average Bonchev–Trinajstić information content (AvgIpc) is 2.91. The topological polar surface area (TPSA) is 12.0 Å². The lowest BCUT2D eigenvalue weighted by Gasteiger charge is -2.10. The monoisotopic (exact) mass is 261 g/mol. The molecular formula is C15H16FNS. The molecule has 0 aliphatic heterocycles. The van der Waals surface area contributed by atoms with E-state index in [9.17, 15) is 4.39 Å². The van der Waals surface area contributed by atoms with Crippen LogP contribution in [0.15, 0.2) is 48.4 Å². The molecule has 1 atom stereocenters. The van der Waals surface area contributed by atoms with Gasteiger partial charge in [-0.15, -0.1) is 17.9 Å². The second-order valence-corrected chi connectivity index (χ2v) is 5.14. The van der Waals surface area contributed by atoms with E-state index in [-0.39, 0.29) is 11.9 Å². The Balaban J connectivity index is 2.19. The maximum atomic E-state index is 13.8. The molecule has 1 unspecified atom stereocenters. The van der Waals surface area contributed by atoms with Gasteiger partial charge in [0.25, 0.3) is 0 Å². The lowest BCUT2D eigenvalue weighted by molar-refractivity contribution is 0.621. The molecule has 0 radical (unpaired) electrons. The summed E-state index contributed by atoms with van der Waals surface area (Å²) in [6.07, 6.45) is 1.85. The Labute approximate surface area is 111 Å². The van der Waals surface area contributed by atoms with Crippen LogP contribution >= 0.6 is 11.3 Å². The summed E-state index contributed by atoms with van der Waals surface area (Å²) in [5, 5.41) is 5.26. The van der Waals surface area contributed by atoms with E-state index in [1.165, 1.54) is 6.07 Å². The molecule has 0 aliphatic rings. The zero-order valence-corrected chi connectivity index (χ0v) is 11.1. The molecule has 18 heavy (non-hydrogen) atoms. The van der Waals surface area contributed by atoms with Gasteiger partial charge in [0.2, 0.25) is 0 Å². The molecule has 0 bridgehead atoms. The van der Waals surface area contributed by atoms with Gasteiger partial charge in [0.1, 0.15) is 5.82 Å². The predicted octanol–water partition coefficient (Wildman–Crippen LogP) is 4.22. The molecule has 0 amide bonds. The number of hydrogen-bond donors (Lipinski definition) is 1. The van der Waals surface area contributed by atoms with E-state index in [1.54, 1.807) is 11.3 Å². The van der Waals surface area contributed by atoms with Crippen LogP contribution in [0.25, 0.3) is 10.4 Å². The predicted molar refractivity (Wildman–Crippen MR) is 76.2 cm³/mol. The first-order chi connectivity index (χ1) is 8.70. The lowest BCUT2D eigenvalue weighted by atomic mass is 10.1. The average molecular weight is 261 g/mol. The van der Waals surface area contributed by atoms with E-state index in [0.717, 1.165) is 10.4 Å². The molecule has 1 aromatic carbocycles. The summed E-state index contributed by atoms with van der Waals surface area (Å²) in [5.41, 5.74) is 1.75. The molecule has 0 spiro atoms. The van der Waals surface area contributed by atoms with Gasteiger partial charge in [-0.05, 0) is 36.1 Å². The molecule has 2 aromatic rings. The quantitative estimate of drug-likeness (QED) is 0.795. The summed E-state index contributed by atoms with van der Waals surface area (Å²) in [6.45, 7) is 6.48. The zero-order chi connectivity index (χ0) is 13.0. The van der Waals surface area contributed by atoms with Crippen LogP contribution in [0.3, 0.4) is 0 Å². The maximum absolute atomic E-state index is 13.8. The molecule has 0 saturated carbocycles. The van der Waals surface area contributed by atoms with Crippen LogP contribution in [0.1, 0.15) is 12.5 Å². The number of thiophene rings is 1. The minimum Gasteiger partial charge on any atom is -0.307 e. The first kappa shape index (κ1) is 13.0. The Kier molecular flexibility index (Phi) is 4.28. The molecular weight excluding hydrogens is 245 g/mol. The highest BCUT2D eigenvalue weighted by molar-refractivity contribution is 7.13. The van der Waals surface area contributed by atoms with Gasteiger partial charge in [-0.1, -0.05) is 18.2 Å². The van der Waals surface area contributed by atoms with Crippen LogP contribution in [0, 0.1) is 5.82 Å².